The number of fused-ring (bicyclic) bond motifs is 1. The number of H-pyrrole nitrogens is 2. The Morgan fingerprint density at radius 1 is 1.50 bits per heavy atom. The Morgan fingerprint density at radius 2 is 2.29 bits per heavy atom. The lowest BCUT2D eigenvalue weighted by molar-refractivity contribution is 1.02. The lowest BCUT2D eigenvalue weighted by atomic mass is 10.4. The molecule has 0 amide bonds. The van der Waals surface area contributed by atoms with Crippen molar-refractivity contribution in [3.63, 3.8) is 0 Å². The number of halogens is 1. The van der Waals surface area contributed by atoms with Crippen LogP contribution in [0.1, 0.15) is 0 Å². The van der Waals surface area contributed by atoms with Crippen LogP contribution < -0.4 is 14.4 Å². The Labute approximate surface area is 89.2 Å². The van der Waals surface area contributed by atoms with E-state index in [2.05, 4.69) is 19.7 Å². The number of anilines is 1. The van der Waals surface area contributed by atoms with Crippen molar-refractivity contribution in [2.24, 2.45) is 3.15 Å². The van der Waals surface area contributed by atoms with Crippen LogP contribution in [0.4, 0.5) is 11.5 Å². The molecule has 0 unspecified atom stereocenters. The molecule has 0 saturated heterocycles. The quantitative estimate of drug-likeness (QED) is 0.481. The molecule has 2 heterocycles. The molecular formula is C7H7IN4O2. The van der Waals surface area contributed by atoms with Crippen LogP contribution in [0.15, 0.2) is 25.4 Å². The van der Waals surface area contributed by atoms with Gasteiger partial charge in [0.25, 0.3) is 5.56 Å². The molecule has 0 atom stereocenters. The Bertz CT molecular complexity index is 515. The predicted molar refractivity (Wildman–Crippen MR) is 61.3 cm³/mol. The van der Waals surface area contributed by atoms with Crippen molar-refractivity contribution >= 4 is 32.8 Å². The average Bonchev–Trinajstić information content (AvgIpc) is 2.49. The highest BCUT2D eigenvalue weighted by molar-refractivity contribution is 14.2. The Hall–Kier alpha value is -1.25. The molecule has 0 spiro atoms. The monoisotopic (exact) mass is 306 g/mol. The van der Waals surface area contributed by atoms with Crippen molar-refractivity contribution in [1.82, 2.24) is 9.97 Å². The second-order valence-electron chi connectivity index (χ2n) is 2.60. The first-order chi connectivity index (χ1) is 6.72. The summed E-state index contributed by atoms with van der Waals surface area (Å²) in [5.41, 5.74) is -0.439. The maximum atomic E-state index is 11.4. The first kappa shape index (κ1) is 9.31. The fraction of sp³-hybridized carbons (Fsp3) is 0.143. The van der Waals surface area contributed by atoms with Gasteiger partial charge < -0.3 is 0 Å². The lowest BCUT2D eigenvalue weighted by Gasteiger charge is -2.09. The molecule has 0 bridgehead atoms. The second-order valence-corrected chi connectivity index (χ2v) is 4.68. The fourth-order valence-electron chi connectivity index (χ4n) is 1.11. The van der Waals surface area contributed by atoms with E-state index in [1.165, 1.54) is 0 Å². The van der Waals surface area contributed by atoms with Crippen LogP contribution >= 0.6 is 21.3 Å². The minimum atomic E-state index is -0.592. The molecule has 0 saturated carbocycles. The molecule has 0 aliphatic carbocycles. The summed E-state index contributed by atoms with van der Waals surface area (Å²) in [6, 6.07) is 0. The fourth-order valence-corrected chi connectivity index (χ4v) is 3.05. The van der Waals surface area contributed by atoms with Gasteiger partial charge in [0.15, 0.2) is 11.5 Å². The summed E-state index contributed by atoms with van der Waals surface area (Å²) in [6.45, 7) is 4.18. The number of nitrogens with one attached hydrogen (secondary N) is 2. The van der Waals surface area contributed by atoms with E-state index in [0.717, 1.165) is 0 Å². The molecule has 2 N–H and O–H groups in total. The number of aromatic nitrogens is 2. The van der Waals surface area contributed by atoms with Crippen LogP contribution in [0.3, 0.4) is 0 Å². The Kier molecular flexibility index (Phi) is 2.32. The van der Waals surface area contributed by atoms with Crippen molar-refractivity contribution in [3.05, 3.63) is 33.5 Å². The van der Waals surface area contributed by atoms with E-state index in [0.29, 0.717) is 18.1 Å². The van der Waals surface area contributed by atoms with Crippen LogP contribution in [0, 0.1) is 0 Å². The van der Waals surface area contributed by atoms with Crippen molar-refractivity contribution in [1.29, 1.82) is 0 Å². The van der Waals surface area contributed by atoms with Crippen molar-refractivity contribution in [2.45, 2.75) is 0 Å². The summed E-state index contributed by atoms with van der Waals surface area (Å²) in [4.78, 5) is 27.0. The van der Waals surface area contributed by atoms with Crippen LogP contribution in [-0.4, -0.2) is 16.5 Å². The van der Waals surface area contributed by atoms with Gasteiger partial charge in [-0.05, 0) is 0 Å². The second kappa shape index (κ2) is 3.48. The zero-order valence-electron chi connectivity index (χ0n) is 7.08. The van der Waals surface area contributed by atoms with Gasteiger partial charge in [0.05, 0.1) is 0 Å². The minimum absolute atomic E-state index is 0.383. The van der Waals surface area contributed by atoms with Gasteiger partial charge >= 0.3 is 5.69 Å². The molecule has 1 aliphatic rings. The summed E-state index contributed by atoms with van der Waals surface area (Å²) in [6.07, 6.45) is 1.70. The van der Waals surface area contributed by atoms with E-state index in [9.17, 15) is 9.59 Å². The molecular weight excluding hydrogens is 299 g/mol. The first-order valence-corrected chi connectivity index (χ1v) is 5.76. The number of aromatic amines is 2. The van der Waals surface area contributed by atoms with Gasteiger partial charge in [-0.1, -0.05) is 6.08 Å². The molecule has 2 rings (SSSR count). The van der Waals surface area contributed by atoms with E-state index in [4.69, 9.17) is 0 Å². The standard InChI is InChI=1S/C7H7IN4O2/c1-2-3-12-4-5(11-8-12)9-7(14)10-6(4)13/h2H,1,3H2,(H2,9,10,13,14). The molecule has 6 nitrogen and oxygen atoms in total. The van der Waals surface area contributed by atoms with Gasteiger partial charge in [0.2, 0.25) is 0 Å². The Balaban J connectivity index is 2.59. The largest absolute Gasteiger partial charge is 0.327 e. The SMILES string of the molecule is C=CCN1I=Nc2[nH]c(=O)[nH]c(=O)c21. The molecule has 1 aromatic heterocycles. The summed E-state index contributed by atoms with van der Waals surface area (Å²) in [7, 11) is 0. The highest BCUT2D eigenvalue weighted by atomic mass is 127. The predicted octanol–water partition coefficient (Wildman–Crippen LogP) is 0.770. The van der Waals surface area contributed by atoms with Gasteiger partial charge in [0.1, 0.15) is 21.3 Å². The zero-order chi connectivity index (χ0) is 10.1. The molecule has 14 heavy (non-hydrogen) atoms. The minimum Gasteiger partial charge on any atom is -0.294 e. The number of rotatable bonds is 2. The molecule has 0 aromatic carbocycles. The van der Waals surface area contributed by atoms with E-state index in [1.54, 1.807) is 6.08 Å². The van der Waals surface area contributed by atoms with Crippen LogP contribution in [-0.2, 0) is 0 Å². The van der Waals surface area contributed by atoms with Crippen LogP contribution in [0.5, 0.6) is 0 Å². The number of hydrogen-bond donors (Lipinski definition) is 2. The maximum Gasteiger partial charge on any atom is 0.327 e. The third-order valence-electron chi connectivity index (χ3n) is 1.64. The summed E-state index contributed by atoms with van der Waals surface area (Å²) < 4.78 is 5.98. The van der Waals surface area contributed by atoms with E-state index in [-0.39, 0.29) is 5.56 Å². The lowest BCUT2D eigenvalue weighted by Crippen LogP contribution is -2.26. The third kappa shape index (κ3) is 1.43. The van der Waals surface area contributed by atoms with E-state index < -0.39 is 27.0 Å². The maximum absolute atomic E-state index is 11.4. The highest BCUT2D eigenvalue weighted by Crippen LogP contribution is 2.36. The third-order valence-corrected chi connectivity index (χ3v) is 3.74. The summed E-state index contributed by atoms with van der Waals surface area (Å²) >= 11 is -0.592. The van der Waals surface area contributed by atoms with Crippen molar-refractivity contribution in [2.75, 3.05) is 9.66 Å². The smallest absolute Gasteiger partial charge is 0.294 e. The van der Waals surface area contributed by atoms with Gasteiger partial charge in [-0.3, -0.25) is 17.9 Å². The van der Waals surface area contributed by atoms with Crippen LogP contribution in [0.2, 0.25) is 0 Å². The van der Waals surface area contributed by atoms with Gasteiger partial charge in [-0.25, -0.2) is 4.79 Å². The van der Waals surface area contributed by atoms with Crippen LogP contribution in [0.25, 0.3) is 0 Å². The molecule has 0 fully saturated rings. The van der Waals surface area contributed by atoms with Gasteiger partial charge in [0, 0.05) is 6.54 Å². The average molecular weight is 306 g/mol. The number of hydrogen-bond acceptors (Lipinski definition) is 4. The first-order valence-electron chi connectivity index (χ1n) is 3.83. The van der Waals surface area contributed by atoms with Crippen molar-refractivity contribution in [3.8, 4) is 0 Å². The molecule has 74 valence electrons. The normalized spacial score (nSPS) is 13.6. The highest BCUT2D eigenvalue weighted by Gasteiger charge is 2.20. The van der Waals surface area contributed by atoms with E-state index >= 15 is 0 Å². The van der Waals surface area contributed by atoms with Crippen molar-refractivity contribution < 1.29 is 0 Å². The molecule has 0 radical (unpaired) electrons. The molecule has 1 aliphatic heterocycles. The van der Waals surface area contributed by atoms with E-state index in [1.807, 2.05) is 3.11 Å². The van der Waals surface area contributed by atoms with Gasteiger partial charge in [-0.15, -0.1) is 6.58 Å². The topological polar surface area (TPSA) is 81.3 Å². The summed E-state index contributed by atoms with van der Waals surface area (Å²) in [5, 5.41) is 0. The zero-order valence-corrected chi connectivity index (χ0v) is 9.24. The van der Waals surface area contributed by atoms with Gasteiger partial charge in [-0.2, -0.15) is 3.15 Å². The molecule has 1 aromatic rings. The molecule has 7 heteroatoms. The number of nitrogens with zero attached hydrogens (tertiary/aromatic N) is 2. The summed E-state index contributed by atoms with van der Waals surface area (Å²) in [5.74, 6) is 0.397. The Morgan fingerprint density at radius 3 is 3.00 bits per heavy atom.